The van der Waals surface area contributed by atoms with Crippen molar-refractivity contribution in [3.05, 3.63) is 39.7 Å². The Kier molecular flexibility index (Phi) is 4.01. The molecule has 0 aliphatic rings. The van der Waals surface area contributed by atoms with Crippen LogP contribution >= 0.6 is 23.2 Å². The molecular weight excluding hydrogens is 289 g/mol. The average molecular weight is 300 g/mol. The summed E-state index contributed by atoms with van der Waals surface area (Å²) in [6.45, 7) is 2.07. The van der Waals surface area contributed by atoms with Gasteiger partial charge in [-0.1, -0.05) is 23.2 Å². The number of rotatable bonds is 3. The van der Waals surface area contributed by atoms with Crippen LogP contribution in [0.4, 0.5) is 0 Å². The van der Waals surface area contributed by atoms with Crippen LogP contribution in [0.2, 0.25) is 10.2 Å². The summed E-state index contributed by atoms with van der Waals surface area (Å²) in [6.07, 6.45) is 1.35. The van der Waals surface area contributed by atoms with Crippen molar-refractivity contribution in [1.82, 2.24) is 25.1 Å². The number of carbonyl (C=O) groups excluding carboxylic acids is 1. The Hall–Kier alpha value is -1.66. The smallest absolute Gasteiger partial charge is 0.255 e. The van der Waals surface area contributed by atoms with Crippen LogP contribution in [-0.4, -0.2) is 38.0 Å². The first-order valence-corrected chi connectivity index (χ1v) is 6.17. The second kappa shape index (κ2) is 5.54. The van der Waals surface area contributed by atoms with Gasteiger partial charge < -0.3 is 4.90 Å². The number of nitrogens with one attached hydrogen (secondary N) is 1. The summed E-state index contributed by atoms with van der Waals surface area (Å²) < 4.78 is 0. The van der Waals surface area contributed by atoms with Crippen molar-refractivity contribution >= 4 is 29.1 Å². The molecule has 2 rings (SSSR count). The molecule has 6 nitrogen and oxygen atoms in total. The fourth-order valence-corrected chi connectivity index (χ4v) is 1.87. The van der Waals surface area contributed by atoms with Gasteiger partial charge >= 0.3 is 0 Å². The number of aromatic nitrogens is 4. The van der Waals surface area contributed by atoms with Crippen molar-refractivity contribution in [3.8, 4) is 0 Å². The van der Waals surface area contributed by atoms with E-state index in [2.05, 4.69) is 20.2 Å². The quantitative estimate of drug-likeness (QED) is 0.881. The molecule has 0 bridgehead atoms. The summed E-state index contributed by atoms with van der Waals surface area (Å²) in [6, 6.07) is 1.44. The molecule has 0 atom stereocenters. The molecular formula is C11H11Cl2N5O. The highest BCUT2D eigenvalue weighted by Gasteiger charge is 2.17. The van der Waals surface area contributed by atoms with Crippen molar-refractivity contribution in [2.24, 2.45) is 0 Å². The van der Waals surface area contributed by atoms with Crippen LogP contribution in [0.1, 0.15) is 22.0 Å². The normalized spacial score (nSPS) is 10.5. The van der Waals surface area contributed by atoms with Crippen LogP contribution in [0.3, 0.4) is 0 Å². The first kappa shape index (κ1) is 13.8. The third-order valence-electron chi connectivity index (χ3n) is 2.42. The fourth-order valence-electron chi connectivity index (χ4n) is 1.53. The van der Waals surface area contributed by atoms with E-state index in [0.717, 1.165) is 0 Å². The highest BCUT2D eigenvalue weighted by atomic mass is 35.5. The number of aromatic amines is 1. The van der Waals surface area contributed by atoms with E-state index in [0.29, 0.717) is 17.2 Å². The highest BCUT2D eigenvalue weighted by molar-refractivity contribution is 6.35. The minimum Gasteiger partial charge on any atom is -0.334 e. The van der Waals surface area contributed by atoms with Crippen LogP contribution in [0, 0.1) is 6.92 Å². The van der Waals surface area contributed by atoms with Crippen molar-refractivity contribution in [3.63, 3.8) is 0 Å². The molecule has 0 aromatic carbocycles. The van der Waals surface area contributed by atoms with Gasteiger partial charge in [0.1, 0.15) is 11.0 Å². The predicted molar refractivity (Wildman–Crippen MR) is 71.2 cm³/mol. The van der Waals surface area contributed by atoms with Gasteiger partial charge in [0.05, 0.1) is 17.1 Å². The zero-order chi connectivity index (χ0) is 14.0. The Labute approximate surface area is 119 Å². The number of H-pyrrole nitrogens is 1. The molecule has 2 aromatic heterocycles. The zero-order valence-corrected chi connectivity index (χ0v) is 11.8. The summed E-state index contributed by atoms with van der Waals surface area (Å²) in [5.74, 6) is 0.960. The lowest BCUT2D eigenvalue weighted by molar-refractivity contribution is 0.0781. The second-order valence-corrected chi connectivity index (χ2v) is 4.78. The average Bonchev–Trinajstić information content (AvgIpc) is 2.77. The summed E-state index contributed by atoms with van der Waals surface area (Å²) in [5.41, 5.74) is 0.302. The monoisotopic (exact) mass is 299 g/mol. The molecule has 1 N–H and O–H groups in total. The molecule has 0 saturated heterocycles. The SMILES string of the molecule is Cc1nc(CN(C)C(=O)c2cc(Cl)ncc2Cl)n[nH]1. The van der Waals surface area contributed by atoms with Crippen molar-refractivity contribution < 1.29 is 4.79 Å². The van der Waals surface area contributed by atoms with E-state index in [1.54, 1.807) is 14.0 Å². The molecule has 0 saturated carbocycles. The second-order valence-electron chi connectivity index (χ2n) is 3.99. The Morgan fingerprint density at radius 1 is 1.47 bits per heavy atom. The van der Waals surface area contributed by atoms with Crippen LogP contribution in [0.15, 0.2) is 12.3 Å². The Morgan fingerprint density at radius 3 is 2.84 bits per heavy atom. The van der Waals surface area contributed by atoms with Crippen LogP contribution in [0.5, 0.6) is 0 Å². The topological polar surface area (TPSA) is 74.8 Å². The van der Waals surface area contributed by atoms with Gasteiger partial charge in [0.25, 0.3) is 5.91 Å². The van der Waals surface area contributed by atoms with Gasteiger partial charge in [-0.3, -0.25) is 9.89 Å². The van der Waals surface area contributed by atoms with E-state index in [4.69, 9.17) is 23.2 Å². The van der Waals surface area contributed by atoms with Crippen molar-refractivity contribution in [2.45, 2.75) is 13.5 Å². The van der Waals surface area contributed by atoms with E-state index in [1.165, 1.54) is 17.2 Å². The Bertz CT molecular complexity index is 613. The van der Waals surface area contributed by atoms with E-state index in [-0.39, 0.29) is 22.6 Å². The van der Waals surface area contributed by atoms with Gasteiger partial charge in [0, 0.05) is 13.2 Å². The minimum atomic E-state index is -0.267. The fraction of sp³-hybridized carbons (Fsp3) is 0.273. The Morgan fingerprint density at radius 2 is 2.21 bits per heavy atom. The standard InChI is InChI=1S/C11H11Cl2N5O/c1-6-15-10(17-16-6)5-18(2)11(19)7-3-9(13)14-4-8(7)12/h3-4H,5H2,1-2H3,(H,15,16,17). The molecule has 0 radical (unpaired) electrons. The maximum Gasteiger partial charge on any atom is 0.255 e. The first-order chi connectivity index (χ1) is 8.97. The maximum absolute atomic E-state index is 12.2. The van der Waals surface area contributed by atoms with Crippen molar-refractivity contribution in [1.29, 1.82) is 0 Å². The number of nitrogens with zero attached hydrogens (tertiary/aromatic N) is 4. The van der Waals surface area contributed by atoms with Gasteiger partial charge in [-0.05, 0) is 13.0 Å². The van der Waals surface area contributed by atoms with Gasteiger partial charge in [0.2, 0.25) is 0 Å². The van der Waals surface area contributed by atoms with Gasteiger partial charge in [-0.15, -0.1) is 0 Å². The number of hydrogen-bond acceptors (Lipinski definition) is 4. The van der Waals surface area contributed by atoms with Gasteiger partial charge in [-0.25, -0.2) is 9.97 Å². The summed E-state index contributed by atoms with van der Waals surface area (Å²) >= 11 is 11.7. The number of aryl methyl sites for hydroxylation is 1. The summed E-state index contributed by atoms with van der Waals surface area (Å²) in [4.78, 5) is 21.6. The van der Waals surface area contributed by atoms with Gasteiger partial charge in [0.15, 0.2) is 5.82 Å². The number of pyridine rings is 1. The molecule has 0 fully saturated rings. The molecule has 0 aliphatic carbocycles. The summed E-state index contributed by atoms with van der Waals surface area (Å²) in [5, 5.41) is 7.16. The zero-order valence-electron chi connectivity index (χ0n) is 10.3. The lowest BCUT2D eigenvalue weighted by atomic mass is 10.2. The van der Waals surface area contributed by atoms with Crippen LogP contribution in [0.25, 0.3) is 0 Å². The van der Waals surface area contributed by atoms with Gasteiger partial charge in [-0.2, -0.15) is 5.10 Å². The molecule has 1 amide bonds. The Balaban J connectivity index is 2.16. The predicted octanol–water partition coefficient (Wildman–Crippen LogP) is 2.09. The molecule has 0 unspecified atom stereocenters. The van der Waals surface area contributed by atoms with Crippen LogP contribution < -0.4 is 0 Å². The largest absolute Gasteiger partial charge is 0.334 e. The van der Waals surface area contributed by atoms with E-state index in [1.807, 2.05) is 0 Å². The molecule has 0 spiro atoms. The third-order valence-corrected chi connectivity index (χ3v) is 2.93. The molecule has 19 heavy (non-hydrogen) atoms. The number of halogens is 2. The molecule has 100 valence electrons. The minimum absolute atomic E-state index is 0.217. The highest BCUT2D eigenvalue weighted by Crippen LogP contribution is 2.19. The number of carbonyl (C=O) groups is 1. The molecule has 2 aromatic rings. The maximum atomic E-state index is 12.2. The summed E-state index contributed by atoms with van der Waals surface area (Å²) in [7, 11) is 1.64. The first-order valence-electron chi connectivity index (χ1n) is 5.41. The third kappa shape index (κ3) is 3.21. The van der Waals surface area contributed by atoms with Crippen LogP contribution in [-0.2, 0) is 6.54 Å². The van der Waals surface area contributed by atoms with E-state index < -0.39 is 0 Å². The van der Waals surface area contributed by atoms with E-state index >= 15 is 0 Å². The lowest BCUT2D eigenvalue weighted by Gasteiger charge is -2.16. The molecule has 2 heterocycles. The molecule has 0 aliphatic heterocycles. The lowest BCUT2D eigenvalue weighted by Crippen LogP contribution is -2.27. The number of hydrogen-bond donors (Lipinski definition) is 1. The number of amides is 1. The van der Waals surface area contributed by atoms with E-state index in [9.17, 15) is 4.79 Å². The van der Waals surface area contributed by atoms with Crippen molar-refractivity contribution in [2.75, 3.05) is 7.05 Å². The molecule has 8 heteroatoms.